The average molecular weight is 450 g/mol. The Morgan fingerprint density at radius 3 is 2.43 bits per heavy atom. The lowest BCUT2D eigenvalue weighted by Crippen LogP contribution is -2.44. The number of nitrogens with zero attached hydrogens (tertiary/aromatic N) is 4. The van der Waals surface area contributed by atoms with E-state index in [1.807, 2.05) is 11.8 Å². The topological polar surface area (TPSA) is 135 Å². The Kier molecular flexibility index (Phi) is 5.50. The first-order valence-electron chi connectivity index (χ1n) is 8.81. The van der Waals surface area contributed by atoms with Gasteiger partial charge >= 0.3 is 5.97 Å². The number of anilines is 2. The van der Waals surface area contributed by atoms with E-state index >= 15 is 0 Å². The van der Waals surface area contributed by atoms with Gasteiger partial charge in [0.2, 0.25) is 5.95 Å². The predicted octanol–water partition coefficient (Wildman–Crippen LogP) is 3.48. The van der Waals surface area contributed by atoms with Crippen LogP contribution in [0.5, 0.6) is 0 Å². The van der Waals surface area contributed by atoms with Crippen molar-refractivity contribution < 1.29 is 14.8 Å². The van der Waals surface area contributed by atoms with Crippen molar-refractivity contribution in [1.82, 2.24) is 9.97 Å². The van der Waals surface area contributed by atoms with Crippen molar-refractivity contribution in [3.8, 4) is 11.1 Å². The zero-order chi connectivity index (χ0) is 20.5. The van der Waals surface area contributed by atoms with Crippen LogP contribution in [-0.4, -0.2) is 39.1 Å². The second-order valence-electron chi connectivity index (χ2n) is 6.85. The molecule has 0 amide bonds. The first kappa shape index (κ1) is 20.0. The van der Waals surface area contributed by atoms with Gasteiger partial charge in [0.05, 0.1) is 10.3 Å². The molecule has 1 aliphatic heterocycles. The molecule has 1 saturated heterocycles. The van der Waals surface area contributed by atoms with E-state index in [0.717, 1.165) is 0 Å². The molecular weight excluding hydrogens is 430 g/mol. The van der Waals surface area contributed by atoms with Crippen molar-refractivity contribution in [3.63, 3.8) is 0 Å². The molecule has 1 aromatic heterocycles. The van der Waals surface area contributed by atoms with Crippen molar-refractivity contribution in [2.75, 3.05) is 23.7 Å². The Morgan fingerprint density at radius 2 is 1.93 bits per heavy atom. The van der Waals surface area contributed by atoms with E-state index in [1.165, 1.54) is 6.07 Å². The highest BCUT2D eigenvalue weighted by molar-refractivity contribution is 9.10. The minimum atomic E-state index is -0.749. The highest BCUT2D eigenvalue weighted by atomic mass is 79.9. The van der Waals surface area contributed by atoms with Crippen LogP contribution in [0.4, 0.5) is 17.3 Å². The van der Waals surface area contributed by atoms with Gasteiger partial charge in [0.25, 0.3) is 5.69 Å². The fourth-order valence-electron chi connectivity index (χ4n) is 3.41. The van der Waals surface area contributed by atoms with Gasteiger partial charge in [0, 0.05) is 41.6 Å². The van der Waals surface area contributed by atoms with Gasteiger partial charge in [-0.25, -0.2) is 9.97 Å². The van der Waals surface area contributed by atoms with E-state index in [4.69, 9.17) is 5.73 Å². The Labute approximate surface area is 169 Å². The maximum Gasteiger partial charge on any atom is 0.309 e. The molecule has 10 heteroatoms. The number of aliphatic carboxylic acids is 1. The molecule has 148 valence electrons. The number of nitro groups is 1. The van der Waals surface area contributed by atoms with Gasteiger partial charge < -0.3 is 15.7 Å². The average Bonchev–Trinajstić information content (AvgIpc) is 2.69. The number of hydrogen-bond donors (Lipinski definition) is 2. The lowest BCUT2D eigenvalue weighted by Gasteiger charge is -2.38. The Morgan fingerprint density at radius 1 is 1.32 bits per heavy atom. The third-order valence-electron chi connectivity index (χ3n) is 5.41. The van der Waals surface area contributed by atoms with E-state index in [0.29, 0.717) is 53.9 Å². The van der Waals surface area contributed by atoms with Gasteiger partial charge in [0.1, 0.15) is 5.69 Å². The number of carboxylic acids is 1. The number of rotatable bonds is 5. The number of aromatic nitrogens is 2. The third-order valence-corrected chi connectivity index (χ3v) is 6.07. The number of nitrogen functional groups attached to an aromatic ring is 1. The van der Waals surface area contributed by atoms with E-state index < -0.39 is 16.3 Å². The SMILES string of the molecule is CCC1(C(=O)O)CCN(c2ncc(-c3cc(Br)c(N)c([N+](=O)[O-])c3)cn2)CC1. The number of carboxylic acid groups (broad SMARTS) is 1. The number of nitro benzene ring substituents is 1. The summed E-state index contributed by atoms with van der Waals surface area (Å²) in [6.07, 6.45) is 4.88. The molecule has 2 aromatic rings. The molecule has 9 nitrogen and oxygen atoms in total. The normalized spacial score (nSPS) is 16.0. The van der Waals surface area contributed by atoms with Gasteiger partial charge in [-0.05, 0) is 46.8 Å². The minimum Gasteiger partial charge on any atom is -0.481 e. The highest BCUT2D eigenvalue weighted by Crippen LogP contribution is 2.37. The maximum absolute atomic E-state index is 11.6. The second-order valence-corrected chi connectivity index (χ2v) is 7.70. The smallest absolute Gasteiger partial charge is 0.309 e. The maximum atomic E-state index is 11.6. The quantitative estimate of drug-likeness (QED) is 0.402. The van der Waals surface area contributed by atoms with Crippen LogP contribution in [0.2, 0.25) is 0 Å². The molecule has 0 spiro atoms. The first-order chi connectivity index (χ1) is 13.3. The van der Waals surface area contributed by atoms with Crippen LogP contribution in [0.3, 0.4) is 0 Å². The van der Waals surface area contributed by atoms with Crippen LogP contribution in [0.1, 0.15) is 26.2 Å². The monoisotopic (exact) mass is 449 g/mol. The van der Waals surface area contributed by atoms with E-state index in [-0.39, 0.29) is 11.4 Å². The summed E-state index contributed by atoms with van der Waals surface area (Å²) in [6, 6.07) is 3.08. The lowest BCUT2D eigenvalue weighted by molar-refractivity contribution is -0.383. The first-order valence-corrected chi connectivity index (χ1v) is 9.61. The Balaban J connectivity index is 1.80. The van der Waals surface area contributed by atoms with Crippen LogP contribution in [0.15, 0.2) is 29.0 Å². The zero-order valence-electron chi connectivity index (χ0n) is 15.3. The van der Waals surface area contributed by atoms with Gasteiger partial charge in [0.15, 0.2) is 0 Å². The predicted molar refractivity (Wildman–Crippen MR) is 108 cm³/mol. The van der Waals surface area contributed by atoms with Crippen molar-refractivity contribution in [2.24, 2.45) is 5.41 Å². The third kappa shape index (κ3) is 3.64. The summed E-state index contributed by atoms with van der Waals surface area (Å²) in [5, 5.41) is 20.7. The number of nitrogens with two attached hydrogens (primary N) is 1. The van der Waals surface area contributed by atoms with E-state index in [1.54, 1.807) is 18.5 Å². The Hall–Kier alpha value is -2.75. The fourth-order valence-corrected chi connectivity index (χ4v) is 3.86. The van der Waals surface area contributed by atoms with Gasteiger partial charge in [-0.1, -0.05) is 6.92 Å². The van der Waals surface area contributed by atoms with E-state index in [9.17, 15) is 20.0 Å². The summed E-state index contributed by atoms with van der Waals surface area (Å²) in [6.45, 7) is 3.04. The Bertz CT molecular complexity index is 911. The molecule has 0 saturated carbocycles. The van der Waals surface area contributed by atoms with Crippen LogP contribution in [0.25, 0.3) is 11.1 Å². The molecule has 0 radical (unpaired) electrons. The number of carbonyl (C=O) groups is 1. The highest BCUT2D eigenvalue weighted by Gasteiger charge is 2.40. The molecule has 1 aromatic carbocycles. The summed E-state index contributed by atoms with van der Waals surface area (Å²) in [7, 11) is 0. The van der Waals surface area contributed by atoms with Gasteiger partial charge in [-0.2, -0.15) is 0 Å². The van der Waals surface area contributed by atoms with Crippen molar-refractivity contribution in [1.29, 1.82) is 0 Å². The van der Waals surface area contributed by atoms with Crippen LogP contribution in [0, 0.1) is 15.5 Å². The van der Waals surface area contributed by atoms with Crippen molar-refractivity contribution in [3.05, 3.63) is 39.1 Å². The molecule has 2 heterocycles. The van der Waals surface area contributed by atoms with Crippen LogP contribution >= 0.6 is 15.9 Å². The van der Waals surface area contributed by atoms with Gasteiger partial charge in [-0.15, -0.1) is 0 Å². The molecule has 3 rings (SSSR count). The van der Waals surface area contributed by atoms with Crippen molar-refractivity contribution >= 4 is 39.2 Å². The van der Waals surface area contributed by atoms with E-state index in [2.05, 4.69) is 25.9 Å². The molecule has 1 fully saturated rings. The molecule has 3 N–H and O–H groups in total. The van der Waals surface area contributed by atoms with Crippen LogP contribution < -0.4 is 10.6 Å². The minimum absolute atomic E-state index is 0.0671. The molecule has 0 unspecified atom stereocenters. The second kappa shape index (κ2) is 7.70. The number of piperidine rings is 1. The zero-order valence-corrected chi connectivity index (χ0v) is 16.8. The molecule has 0 aliphatic carbocycles. The molecule has 0 bridgehead atoms. The summed E-state index contributed by atoms with van der Waals surface area (Å²) < 4.78 is 0.432. The summed E-state index contributed by atoms with van der Waals surface area (Å²) in [4.78, 5) is 32.9. The molecule has 28 heavy (non-hydrogen) atoms. The van der Waals surface area contributed by atoms with Gasteiger partial charge in [-0.3, -0.25) is 14.9 Å². The molecular formula is C18H20BrN5O4. The van der Waals surface area contributed by atoms with Crippen molar-refractivity contribution in [2.45, 2.75) is 26.2 Å². The van der Waals surface area contributed by atoms with Crippen LogP contribution in [-0.2, 0) is 4.79 Å². The number of halogens is 1. The largest absolute Gasteiger partial charge is 0.481 e. The number of benzene rings is 1. The standard InChI is InChI=1S/C18H20BrN5O4/c1-2-18(16(25)26)3-5-23(6-4-18)17-21-9-12(10-22-17)11-7-13(19)15(20)14(8-11)24(27)28/h7-10H,2-6,20H2,1H3,(H,25,26). The molecule has 0 atom stereocenters. The molecule has 1 aliphatic rings. The lowest BCUT2D eigenvalue weighted by atomic mass is 9.76. The fraction of sp³-hybridized carbons (Fsp3) is 0.389. The summed E-state index contributed by atoms with van der Waals surface area (Å²) in [5.74, 6) is -0.232. The number of hydrogen-bond acceptors (Lipinski definition) is 7. The summed E-state index contributed by atoms with van der Waals surface area (Å²) in [5.41, 5.74) is 6.15. The summed E-state index contributed by atoms with van der Waals surface area (Å²) >= 11 is 3.24.